The summed E-state index contributed by atoms with van der Waals surface area (Å²) in [5, 5.41) is 5.32. The zero-order chi connectivity index (χ0) is 26.1. The van der Waals surface area contributed by atoms with Gasteiger partial charge in [0.05, 0.1) is 33.7 Å². The molecule has 0 spiro atoms. The van der Waals surface area contributed by atoms with Gasteiger partial charge in [0.25, 0.3) is 0 Å². The summed E-state index contributed by atoms with van der Waals surface area (Å²) < 4.78 is 15.1. The van der Waals surface area contributed by atoms with E-state index < -0.39 is 11.9 Å². The van der Waals surface area contributed by atoms with Crippen LogP contribution in [-0.4, -0.2) is 69.6 Å². The van der Waals surface area contributed by atoms with Gasteiger partial charge in [-0.3, -0.25) is 19.2 Å². The van der Waals surface area contributed by atoms with Gasteiger partial charge in [0.15, 0.2) is 11.5 Å². The maximum atomic E-state index is 12.7. The summed E-state index contributed by atoms with van der Waals surface area (Å²) in [6.45, 7) is 0.677. The van der Waals surface area contributed by atoms with E-state index in [9.17, 15) is 19.2 Å². The third-order valence-electron chi connectivity index (χ3n) is 5.95. The summed E-state index contributed by atoms with van der Waals surface area (Å²) in [5.41, 5.74) is 2.31. The van der Waals surface area contributed by atoms with Crippen molar-refractivity contribution in [1.29, 1.82) is 0 Å². The molecule has 2 aromatic carbocycles. The molecule has 10 nitrogen and oxygen atoms in total. The Kier molecular flexibility index (Phi) is 9.26. The lowest BCUT2D eigenvalue weighted by molar-refractivity contribution is -0.141. The Labute approximate surface area is 209 Å². The van der Waals surface area contributed by atoms with Crippen molar-refractivity contribution >= 4 is 29.4 Å². The number of anilines is 1. The molecule has 1 aliphatic heterocycles. The van der Waals surface area contributed by atoms with E-state index in [0.717, 1.165) is 11.1 Å². The number of methoxy groups -OCH3 is 3. The lowest BCUT2D eigenvalue weighted by Gasteiger charge is -2.17. The largest absolute Gasteiger partial charge is 0.493 e. The smallest absolute Gasteiger partial charge is 0.325 e. The highest BCUT2D eigenvalue weighted by atomic mass is 16.5. The standard InChI is InChI=1S/C26H31N3O7/c1-34-21-9-6-18(12-22(21)35-2)10-11-29-16-19(14-24(29)31)26(33)28-20-7-4-17(5-8-20)13-23(30)27-15-25(32)36-3/h4-9,12,19H,10-11,13-16H2,1-3H3,(H,27,30)(H,28,33). The van der Waals surface area contributed by atoms with E-state index in [1.165, 1.54) is 7.11 Å². The van der Waals surface area contributed by atoms with Crippen LogP contribution in [0.4, 0.5) is 5.69 Å². The van der Waals surface area contributed by atoms with Crippen molar-refractivity contribution in [2.75, 3.05) is 46.3 Å². The van der Waals surface area contributed by atoms with Gasteiger partial charge in [-0.25, -0.2) is 0 Å². The molecule has 1 unspecified atom stereocenters. The number of nitrogens with one attached hydrogen (secondary N) is 2. The zero-order valence-corrected chi connectivity index (χ0v) is 20.7. The van der Waals surface area contributed by atoms with Crippen LogP contribution in [0.15, 0.2) is 42.5 Å². The molecule has 0 aliphatic carbocycles. The van der Waals surface area contributed by atoms with Crippen molar-refractivity contribution in [1.82, 2.24) is 10.2 Å². The van der Waals surface area contributed by atoms with Gasteiger partial charge in [-0.1, -0.05) is 18.2 Å². The molecule has 1 saturated heterocycles. The number of esters is 1. The number of nitrogens with zero attached hydrogens (tertiary/aromatic N) is 1. The van der Waals surface area contributed by atoms with Gasteiger partial charge < -0.3 is 29.7 Å². The predicted octanol–water partition coefficient (Wildman–Crippen LogP) is 1.57. The lowest BCUT2D eigenvalue weighted by Crippen LogP contribution is -2.31. The number of rotatable bonds is 11. The van der Waals surface area contributed by atoms with Crippen molar-refractivity contribution in [2.45, 2.75) is 19.3 Å². The molecule has 3 amide bonds. The average molecular weight is 498 g/mol. The molecule has 0 aromatic heterocycles. The third kappa shape index (κ3) is 7.21. The minimum atomic E-state index is -0.522. The number of hydrogen-bond donors (Lipinski definition) is 2. The average Bonchev–Trinajstić information content (AvgIpc) is 3.27. The second kappa shape index (κ2) is 12.6. The van der Waals surface area contributed by atoms with Gasteiger partial charge in [-0.2, -0.15) is 0 Å². The highest BCUT2D eigenvalue weighted by Gasteiger charge is 2.34. The first-order chi connectivity index (χ1) is 17.3. The maximum absolute atomic E-state index is 12.7. The molecular formula is C26H31N3O7. The van der Waals surface area contributed by atoms with Crippen LogP contribution in [0.3, 0.4) is 0 Å². The Bertz CT molecular complexity index is 1100. The molecule has 1 atom stereocenters. The van der Waals surface area contributed by atoms with Crippen molar-refractivity contribution in [2.24, 2.45) is 5.92 Å². The van der Waals surface area contributed by atoms with Crippen molar-refractivity contribution < 1.29 is 33.4 Å². The second-order valence-corrected chi connectivity index (χ2v) is 8.40. The Hall–Kier alpha value is -4.08. The van der Waals surface area contributed by atoms with Crippen LogP contribution in [0.1, 0.15) is 17.5 Å². The number of benzene rings is 2. The van der Waals surface area contributed by atoms with E-state index in [1.54, 1.807) is 43.4 Å². The number of amides is 3. The van der Waals surface area contributed by atoms with Gasteiger partial charge in [0.1, 0.15) is 6.54 Å². The normalized spacial score (nSPS) is 14.8. The molecule has 0 radical (unpaired) electrons. The van der Waals surface area contributed by atoms with E-state index in [0.29, 0.717) is 36.7 Å². The maximum Gasteiger partial charge on any atom is 0.325 e. The van der Waals surface area contributed by atoms with Crippen LogP contribution >= 0.6 is 0 Å². The van der Waals surface area contributed by atoms with Gasteiger partial charge in [0, 0.05) is 25.2 Å². The third-order valence-corrected chi connectivity index (χ3v) is 5.95. The number of carbonyl (C=O) groups excluding carboxylic acids is 4. The van der Waals surface area contributed by atoms with E-state index in [4.69, 9.17) is 9.47 Å². The SMILES string of the molecule is COC(=O)CNC(=O)Cc1ccc(NC(=O)C2CC(=O)N(CCc3ccc(OC)c(OC)c3)C2)cc1. The minimum Gasteiger partial charge on any atom is -0.493 e. The molecule has 0 saturated carbocycles. The van der Waals surface area contributed by atoms with Crippen molar-refractivity contribution in [3.63, 3.8) is 0 Å². The molecule has 0 bridgehead atoms. The van der Waals surface area contributed by atoms with Crippen LogP contribution in [-0.2, 0) is 36.8 Å². The van der Waals surface area contributed by atoms with Crippen LogP contribution < -0.4 is 20.1 Å². The number of hydrogen-bond acceptors (Lipinski definition) is 7. The molecule has 1 heterocycles. The fraction of sp³-hybridized carbons (Fsp3) is 0.385. The highest BCUT2D eigenvalue weighted by Crippen LogP contribution is 2.28. The van der Waals surface area contributed by atoms with E-state index in [2.05, 4.69) is 15.4 Å². The summed E-state index contributed by atoms with van der Waals surface area (Å²) in [6.07, 6.45) is 0.892. The zero-order valence-electron chi connectivity index (χ0n) is 20.7. The highest BCUT2D eigenvalue weighted by molar-refractivity contribution is 5.97. The molecule has 2 aromatic rings. The molecule has 10 heteroatoms. The number of likely N-dealkylation sites (tertiary alicyclic amines) is 1. The van der Waals surface area contributed by atoms with Gasteiger partial charge in [0.2, 0.25) is 17.7 Å². The summed E-state index contributed by atoms with van der Waals surface area (Å²) >= 11 is 0. The Morgan fingerprint density at radius 2 is 1.67 bits per heavy atom. The first-order valence-electron chi connectivity index (χ1n) is 11.5. The van der Waals surface area contributed by atoms with Gasteiger partial charge >= 0.3 is 5.97 Å². The van der Waals surface area contributed by atoms with Crippen LogP contribution in [0.2, 0.25) is 0 Å². The van der Waals surface area contributed by atoms with Crippen LogP contribution in [0.5, 0.6) is 11.5 Å². The molecular weight excluding hydrogens is 466 g/mol. The fourth-order valence-electron chi connectivity index (χ4n) is 3.91. The number of carbonyl (C=O) groups is 4. The van der Waals surface area contributed by atoms with Crippen LogP contribution in [0.25, 0.3) is 0 Å². The van der Waals surface area contributed by atoms with Crippen LogP contribution in [0, 0.1) is 5.92 Å². The quantitative estimate of drug-likeness (QED) is 0.452. The summed E-state index contributed by atoms with van der Waals surface area (Å²) in [4.78, 5) is 49.9. The molecule has 36 heavy (non-hydrogen) atoms. The van der Waals surface area contributed by atoms with E-state index >= 15 is 0 Å². The lowest BCUT2D eigenvalue weighted by atomic mass is 10.1. The first kappa shape index (κ1) is 26.5. The van der Waals surface area contributed by atoms with E-state index in [-0.39, 0.29) is 37.1 Å². The first-order valence-corrected chi connectivity index (χ1v) is 11.5. The van der Waals surface area contributed by atoms with Gasteiger partial charge in [-0.15, -0.1) is 0 Å². The monoisotopic (exact) mass is 497 g/mol. The Balaban J connectivity index is 1.47. The molecule has 192 valence electrons. The fourth-order valence-corrected chi connectivity index (χ4v) is 3.91. The topological polar surface area (TPSA) is 123 Å². The summed E-state index contributed by atoms with van der Waals surface area (Å²) in [6, 6.07) is 12.5. The molecule has 3 rings (SSSR count). The Morgan fingerprint density at radius 3 is 2.33 bits per heavy atom. The molecule has 1 fully saturated rings. The summed E-state index contributed by atoms with van der Waals surface area (Å²) in [7, 11) is 4.40. The molecule has 2 N–H and O–H groups in total. The van der Waals surface area contributed by atoms with Crippen molar-refractivity contribution in [3.05, 3.63) is 53.6 Å². The predicted molar refractivity (Wildman–Crippen MR) is 132 cm³/mol. The second-order valence-electron chi connectivity index (χ2n) is 8.40. The molecule has 1 aliphatic rings. The van der Waals surface area contributed by atoms with Gasteiger partial charge in [-0.05, 0) is 41.8 Å². The minimum absolute atomic E-state index is 0.0519. The van der Waals surface area contributed by atoms with E-state index in [1.807, 2.05) is 18.2 Å². The number of ether oxygens (including phenoxy) is 3. The van der Waals surface area contributed by atoms with Crippen molar-refractivity contribution in [3.8, 4) is 11.5 Å². The summed E-state index contributed by atoms with van der Waals surface area (Å²) in [5.74, 6) is -0.268. The Morgan fingerprint density at radius 1 is 0.972 bits per heavy atom.